The van der Waals surface area contributed by atoms with E-state index in [1.54, 1.807) is 12.1 Å². The Morgan fingerprint density at radius 3 is 2.57 bits per heavy atom. The van der Waals surface area contributed by atoms with Crippen LogP contribution in [0.4, 0.5) is 0 Å². The molecule has 1 heterocycles. The molecule has 5 heteroatoms. The van der Waals surface area contributed by atoms with Crippen LogP contribution in [0.2, 0.25) is 5.02 Å². The summed E-state index contributed by atoms with van der Waals surface area (Å²) in [4.78, 5) is 24.8. The highest BCUT2D eigenvalue weighted by molar-refractivity contribution is 6.31. The van der Waals surface area contributed by atoms with Gasteiger partial charge >= 0.3 is 5.97 Å². The Bertz CT molecular complexity index is 536. The minimum Gasteiger partial charge on any atom is -0.481 e. The van der Waals surface area contributed by atoms with Gasteiger partial charge in [-0.1, -0.05) is 17.7 Å². The molecule has 21 heavy (non-hydrogen) atoms. The number of carboxylic acids is 1. The predicted octanol–water partition coefficient (Wildman–Crippen LogP) is 3.37. The summed E-state index contributed by atoms with van der Waals surface area (Å²) in [6.45, 7) is 3.29. The summed E-state index contributed by atoms with van der Waals surface area (Å²) in [5, 5.41) is 9.31. The van der Waals surface area contributed by atoms with E-state index in [9.17, 15) is 9.59 Å². The van der Waals surface area contributed by atoms with Gasteiger partial charge in [0.2, 0.25) is 0 Å². The number of likely N-dealkylation sites (tertiary alicyclic amines) is 1. The molecule has 1 aromatic rings. The quantitative estimate of drug-likeness (QED) is 0.927. The molecular formula is C16H20ClNO3. The van der Waals surface area contributed by atoms with Crippen molar-refractivity contribution in [3.05, 3.63) is 34.3 Å². The fourth-order valence-corrected chi connectivity index (χ4v) is 2.84. The van der Waals surface area contributed by atoms with Gasteiger partial charge in [0.1, 0.15) is 0 Å². The molecule has 2 rings (SSSR count). The van der Waals surface area contributed by atoms with Gasteiger partial charge < -0.3 is 10.0 Å². The third-order valence-electron chi connectivity index (χ3n) is 4.09. The summed E-state index contributed by atoms with van der Waals surface area (Å²) in [6, 6.07) is 5.38. The summed E-state index contributed by atoms with van der Waals surface area (Å²) in [5.74, 6) is -0.330. The van der Waals surface area contributed by atoms with E-state index in [-0.39, 0.29) is 12.3 Å². The zero-order chi connectivity index (χ0) is 15.4. The molecule has 0 atom stereocenters. The third kappa shape index (κ3) is 4.21. The van der Waals surface area contributed by atoms with Crippen LogP contribution >= 0.6 is 11.6 Å². The zero-order valence-corrected chi connectivity index (χ0v) is 12.9. The van der Waals surface area contributed by atoms with Crippen LogP contribution in [-0.2, 0) is 4.79 Å². The van der Waals surface area contributed by atoms with E-state index in [1.165, 1.54) is 0 Å². The average molecular weight is 310 g/mol. The van der Waals surface area contributed by atoms with Crippen LogP contribution in [0.5, 0.6) is 0 Å². The Balaban J connectivity index is 1.90. The molecule has 0 saturated carbocycles. The molecule has 0 spiro atoms. The SMILES string of the molecule is Cc1ccc(C(=O)N2CCC(CCC(=O)O)CC2)cc1Cl. The number of carbonyl (C=O) groups excluding carboxylic acids is 1. The number of amides is 1. The largest absolute Gasteiger partial charge is 0.481 e. The van der Waals surface area contributed by atoms with Crippen molar-refractivity contribution in [2.24, 2.45) is 5.92 Å². The van der Waals surface area contributed by atoms with Crippen molar-refractivity contribution in [2.45, 2.75) is 32.6 Å². The number of aliphatic carboxylic acids is 1. The molecule has 0 aromatic heterocycles. The molecule has 0 radical (unpaired) electrons. The molecule has 0 bridgehead atoms. The van der Waals surface area contributed by atoms with Gasteiger partial charge in [-0.05, 0) is 49.8 Å². The minimum absolute atomic E-state index is 0.00795. The predicted molar refractivity (Wildman–Crippen MR) is 81.7 cm³/mol. The first-order chi connectivity index (χ1) is 9.97. The van der Waals surface area contributed by atoms with E-state index in [0.29, 0.717) is 36.0 Å². The maximum atomic E-state index is 12.4. The Hall–Kier alpha value is -1.55. The van der Waals surface area contributed by atoms with Crippen molar-refractivity contribution in [2.75, 3.05) is 13.1 Å². The molecule has 1 aliphatic rings. The lowest BCUT2D eigenvalue weighted by molar-refractivity contribution is -0.137. The highest BCUT2D eigenvalue weighted by atomic mass is 35.5. The molecule has 1 fully saturated rings. The highest BCUT2D eigenvalue weighted by Gasteiger charge is 2.24. The van der Waals surface area contributed by atoms with Crippen LogP contribution in [0.3, 0.4) is 0 Å². The summed E-state index contributed by atoms with van der Waals surface area (Å²) >= 11 is 6.06. The molecular weight excluding hydrogens is 290 g/mol. The summed E-state index contributed by atoms with van der Waals surface area (Å²) in [7, 11) is 0. The summed E-state index contributed by atoms with van der Waals surface area (Å²) in [6.07, 6.45) is 2.66. The monoisotopic (exact) mass is 309 g/mol. The maximum absolute atomic E-state index is 12.4. The second-order valence-electron chi connectivity index (χ2n) is 5.63. The van der Waals surface area contributed by atoms with Crippen molar-refractivity contribution in [3.8, 4) is 0 Å². The van der Waals surface area contributed by atoms with Gasteiger partial charge in [-0.15, -0.1) is 0 Å². The molecule has 1 N–H and O–H groups in total. The second-order valence-corrected chi connectivity index (χ2v) is 6.04. The number of piperidine rings is 1. The van der Waals surface area contributed by atoms with Crippen molar-refractivity contribution < 1.29 is 14.7 Å². The van der Waals surface area contributed by atoms with Gasteiger partial charge in [-0.2, -0.15) is 0 Å². The Morgan fingerprint density at radius 1 is 1.33 bits per heavy atom. The Morgan fingerprint density at radius 2 is 2.00 bits per heavy atom. The van der Waals surface area contributed by atoms with E-state index in [0.717, 1.165) is 18.4 Å². The van der Waals surface area contributed by atoms with Gasteiger partial charge in [-0.3, -0.25) is 9.59 Å². The lowest BCUT2D eigenvalue weighted by Crippen LogP contribution is -2.38. The lowest BCUT2D eigenvalue weighted by atomic mass is 9.92. The van der Waals surface area contributed by atoms with Crippen LogP contribution in [0.1, 0.15) is 41.6 Å². The number of benzene rings is 1. The van der Waals surface area contributed by atoms with Gasteiger partial charge in [0.05, 0.1) is 0 Å². The maximum Gasteiger partial charge on any atom is 0.303 e. The normalized spacial score (nSPS) is 16.0. The second kappa shape index (κ2) is 6.94. The van der Waals surface area contributed by atoms with Crippen molar-refractivity contribution in [1.29, 1.82) is 0 Å². The van der Waals surface area contributed by atoms with E-state index in [1.807, 2.05) is 17.9 Å². The van der Waals surface area contributed by atoms with E-state index in [4.69, 9.17) is 16.7 Å². The number of halogens is 1. The number of carboxylic acid groups (broad SMARTS) is 1. The van der Waals surface area contributed by atoms with Crippen molar-refractivity contribution in [3.63, 3.8) is 0 Å². The number of hydrogen-bond acceptors (Lipinski definition) is 2. The minimum atomic E-state index is -0.747. The Labute approximate surface area is 129 Å². The molecule has 1 saturated heterocycles. The van der Waals surface area contributed by atoms with Gasteiger partial charge in [0, 0.05) is 30.1 Å². The van der Waals surface area contributed by atoms with Crippen molar-refractivity contribution in [1.82, 2.24) is 4.90 Å². The first kappa shape index (κ1) is 15.8. The van der Waals surface area contributed by atoms with Gasteiger partial charge in [-0.25, -0.2) is 0 Å². The standard InChI is InChI=1S/C16H20ClNO3/c1-11-2-4-13(10-14(11)17)16(21)18-8-6-12(7-9-18)3-5-15(19)20/h2,4,10,12H,3,5-9H2,1H3,(H,19,20). The first-order valence-electron chi connectivity index (χ1n) is 7.24. The molecule has 114 valence electrons. The fourth-order valence-electron chi connectivity index (χ4n) is 2.66. The first-order valence-corrected chi connectivity index (χ1v) is 7.62. The molecule has 0 unspecified atom stereocenters. The van der Waals surface area contributed by atoms with Gasteiger partial charge in [0.25, 0.3) is 5.91 Å². The van der Waals surface area contributed by atoms with Crippen LogP contribution in [0, 0.1) is 12.8 Å². The van der Waals surface area contributed by atoms with Crippen LogP contribution in [0.25, 0.3) is 0 Å². The van der Waals surface area contributed by atoms with Crippen LogP contribution in [-0.4, -0.2) is 35.0 Å². The topological polar surface area (TPSA) is 57.6 Å². The molecule has 4 nitrogen and oxygen atoms in total. The average Bonchev–Trinajstić information content (AvgIpc) is 2.48. The van der Waals surface area contributed by atoms with Gasteiger partial charge in [0.15, 0.2) is 0 Å². The molecule has 0 aliphatic carbocycles. The zero-order valence-electron chi connectivity index (χ0n) is 12.1. The highest BCUT2D eigenvalue weighted by Crippen LogP contribution is 2.24. The van der Waals surface area contributed by atoms with E-state index in [2.05, 4.69) is 0 Å². The van der Waals surface area contributed by atoms with E-state index >= 15 is 0 Å². The third-order valence-corrected chi connectivity index (χ3v) is 4.49. The number of rotatable bonds is 4. The fraction of sp³-hybridized carbons (Fsp3) is 0.500. The number of hydrogen-bond donors (Lipinski definition) is 1. The number of carbonyl (C=O) groups is 2. The molecule has 1 aliphatic heterocycles. The molecule has 1 aromatic carbocycles. The summed E-state index contributed by atoms with van der Waals surface area (Å²) in [5.41, 5.74) is 1.58. The summed E-state index contributed by atoms with van der Waals surface area (Å²) < 4.78 is 0. The van der Waals surface area contributed by atoms with Crippen LogP contribution < -0.4 is 0 Å². The van der Waals surface area contributed by atoms with Crippen molar-refractivity contribution >= 4 is 23.5 Å². The number of aryl methyl sites for hydroxylation is 1. The van der Waals surface area contributed by atoms with E-state index < -0.39 is 5.97 Å². The van der Waals surface area contributed by atoms with Crippen LogP contribution in [0.15, 0.2) is 18.2 Å². The smallest absolute Gasteiger partial charge is 0.303 e. The number of nitrogens with zero attached hydrogens (tertiary/aromatic N) is 1. The lowest BCUT2D eigenvalue weighted by Gasteiger charge is -2.32. The molecule has 1 amide bonds. The Kier molecular flexibility index (Phi) is 5.23.